The minimum absolute atomic E-state index is 0.504. The summed E-state index contributed by atoms with van der Waals surface area (Å²) in [6, 6.07) is 9.13. The van der Waals surface area contributed by atoms with Gasteiger partial charge in [0.25, 0.3) is 0 Å². The van der Waals surface area contributed by atoms with Crippen molar-refractivity contribution in [2.75, 3.05) is 18.0 Å². The Morgan fingerprint density at radius 2 is 1.67 bits per heavy atom. The molecule has 1 aromatic rings. The highest BCUT2D eigenvalue weighted by molar-refractivity contribution is 5.48. The van der Waals surface area contributed by atoms with Gasteiger partial charge >= 0.3 is 0 Å². The maximum Gasteiger partial charge on any atom is 0.0366 e. The van der Waals surface area contributed by atoms with Gasteiger partial charge in [0.05, 0.1) is 0 Å². The summed E-state index contributed by atoms with van der Waals surface area (Å²) in [6.45, 7) is 11.2. The van der Waals surface area contributed by atoms with Gasteiger partial charge in [-0.2, -0.15) is 0 Å². The molecule has 1 aliphatic heterocycles. The average molecular weight is 283 g/mol. The SMILES string of the molecule is CC(C)C#CCC1CCN(c2ccc(C(C)C)cc2)CC1. The van der Waals surface area contributed by atoms with Crippen molar-refractivity contribution in [3.8, 4) is 11.8 Å². The number of hydrogen-bond donors (Lipinski definition) is 0. The summed E-state index contributed by atoms with van der Waals surface area (Å²) in [7, 11) is 0. The second-order valence-electron chi connectivity index (χ2n) is 6.86. The van der Waals surface area contributed by atoms with Crippen molar-refractivity contribution < 1.29 is 0 Å². The van der Waals surface area contributed by atoms with Gasteiger partial charge in [-0.25, -0.2) is 0 Å². The van der Waals surface area contributed by atoms with Crippen molar-refractivity contribution in [3.63, 3.8) is 0 Å². The first kappa shape index (κ1) is 16.0. The van der Waals surface area contributed by atoms with E-state index in [1.54, 1.807) is 0 Å². The lowest BCUT2D eigenvalue weighted by Crippen LogP contribution is -2.33. The summed E-state index contributed by atoms with van der Waals surface area (Å²) in [4.78, 5) is 2.52. The number of anilines is 1. The van der Waals surface area contributed by atoms with Gasteiger partial charge in [0.1, 0.15) is 0 Å². The molecule has 1 nitrogen and oxygen atoms in total. The maximum absolute atomic E-state index is 3.36. The van der Waals surface area contributed by atoms with E-state index in [1.807, 2.05) is 0 Å². The molecule has 1 aliphatic rings. The molecule has 0 N–H and O–H groups in total. The van der Waals surface area contributed by atoms with E-state index >= 15 is 0 Å². The van der Waals surface area contributed by atoms with Crippen molar-refractivity contribution in [1.82, 2.24) is 0 Å². The van der Waals surface area contributed by atoms with Crippen LogP contribution in [0.1, 0.15) is 58.4 Å². The molecule has 114 valence electrons. The molecule has 1 aromatic carbocycles. The first-order valence-corrected chi connectivity index (χ1v) is 8.39. The van der Waals surface area contributed by atoms with E-state index in [-0.39, 0.29) is 0 Å². The molecule has 1 heteroatoms. The van der Waals surface area contributed by atoms with Crippen LogP contribution in [0.2, 0.25) is 0 Å². The topological polar surface area (TPSA) is 3.24 Å². The van der Waals surface area contributed by atoms with Crippen molar-refractivity contribution in [2.24, 2.45) is 11.8 Å². The van der Waals surface area contributed by atoms with Crippen LogP contribution in [0.15, 0.2) is 24.3 Å². The van der Waals surface area contributed by atoms with Crippen molar-refractivity contribution in [2.45, 2.75) is 52.9 Å². The van der Waals surface area contributed by atoms with Crippen LogP contribution in [0, 0.1) is 23.7 Å². The molecule has 0 atom stereocenters. The first-order chi connectivity index (χ1) is 10.1. The minimum Gasteiger partial charge on any atom is -0.372 e. The van der Waals surface area contributed by atoms with Gasteiger partial charge < -0.3 is 4.90 Å². The molecular weight excluding hydrogens is 254 g/mol. The average Bonchev–Trinajstić information content (AvgIpc) is 2.48. The third-order valence-corrected chi connectivity index (χ3v) is 4.32. The molecule has 0 saturated carbocycles. The van der Waals surface area contributed by atoms with Crippen molar-refractivity contribution in [1.29, 1.82) is 0 Å². The van der Waals surface area contributed by atoms with E-state index in [9.17, 15) is 0 Å². The normalized spacial score (nSPS) is 16.2. The van der Waals surface area contributed by atoms with Crippen LogP contribution in [0.5, 0.6) is 0 Å². The van der Waals surface area contributed by atoms with E-state index in [0.29, 0.717) is 11.8 Å². The van der Waals surface area contributed by atoms with Crippen molar-refractivity contribution >= 4 is 5.69 Å². The number of benzene rings is 1. The monoisotopic (exact) mass is 283 g/mol. The number of nitrogens with zero attached hydrogens (tertiary/aromatic N) is 1. The Kier molecular flexibility index (Phi) is 5.74. The molecule has 0 bridgehead atoms. The third-order valence-electron chi connectivity index (χ3n) is 4.32. The van der Waals surface area contributed by atoms with Gasteiger partial charge in [-0.05, 0) is 42.4 Å². The van der Waals surface area contributed by atoms with Crippen LogP contribution >= 0.6 is 0 Å². The zero-order valence-electron chi connectivity index (χ0n) is 14.0. The van der Waals surface area contributed by atoms with E-state index in [2.05, 4.69) is 68.7 Å². The summed E-state index contributed by atoms with van der Waals surface area (Å²) >= 11 is 0. The van der Waals surface area contributed by atoms with E-state index in [0.717, 1.165) is 12.3 Å². The Labute approximate surface area is 130 Å². The third kappa shape index (κ3) is 4.81. The van der Waals surface area contributed by atoms with Gasteiger partial charge in [-0.15, -0.1) is 11.8 Å². The Hall–Kier alpha value is -1.42. The zero-order valence-corrected chi connectivity index (χ0v) is 14.0. The number of rotatable bonds is 3. The molecule has 1 fully saturated rings. The van der Waals surface area contributed by atoms with Gasteiger partial charge in [0.2, 0.25) is 0 Å². The lowest BCUT2D eigenvalue weighted by atomic mass is 9.93. The summed E-state index contributed by atoms with van der Waals surface area (Å²) in [5, 5.41) is 0. The molecule has 0 aromatic heterocycles. The molecule has 0 aliphatic carbocycles. The summed E-state index contributed by atoms with van der Waals surface area (Å²) < 4.78 is 0. The molecule has 2 rings (SSSR count). The van der Waals surface area contributed by atoms with Gasteiger partial charge in [0.15, 0.2) is 0 Å². The quantitative estimate of drug-likeness (QED) is 0.700. The standard InChI is InChI=1S/C20H29N/c1-16(2)6-5-7-18-12-14-21(15-13-18)20-10-8-19(9-11-20)17(3)4/h8-11,16-18H,7,12-15H2,1-4H3. The predicted octanol–water partition coefficient (Wildman–Crippen LogP) is 5.08. The van der Waals surface area contributed by atoms with E-state index in [4.69, 9.17) is 0 Å². The first-order valence-electron chi connectivity index (χ1n) is 8.39. The molecule has 0 spiro atoms. The largest absolute Gasteiger partial charge is 0.372 e. The van der Waals surface area contributed by atoms with Crippen LogP contribution in [0.4, 0.5) is 5.69 Å². The van der Waals surface area contributed by atoms with Gasteiger partial charge in [-0.3, -0.25) is 0 Å². The second-order valence-corrected chi connectivity index (χ2v) is 6.86. The Balaban J connectivity index is 1.85. The van der Waals surface area contributed by atoms with E-state index < -0.39 is 0 Å². The maximum atomic E-state index is 3.36. The highest BCUT2D eigenvalue weighted by Gasteiger charge is 2.18. The second kappa shape index (κ2) is 7.55. The van der Waals surface area contributed by atoms with E-state index in [1.165, 1.54) is 37.2 Å². The highest BCUT2D eigenvalue weighted by atomic mass is 15.1. The summed E-state index contributed by atoms with van der Waals surface area (Å²) in [5.41, 5.74) is 2.81. The molecule has 0 amide bonds. The zero-order chi connectivity index (χ0) is 15.2. The van der Waals surface area contributed by atoms with Gasteiger partial charge in [-0.1, -0.05) is 39.8 Å². The van der Waals surface area contributed by atoms with Crippen LogP contribution in [0.25, 0.3) is 0 Å². The molecule has 0 radical (unpaired) electrons. The molecule has 21 heavy (non-hydrogen) atoms. The molecule has 1 saturated heterocycles. The lowest BCUT2D eigenvalue weighted by molar-refractivity contribution is 0.414. The van der Waals surface area contributed by atoms with Crippen molar-refractivity contribution in [3.05, 3.63) is 29.8 Å². The van der Waals surface area contributed by atoms with Crippen LogP contribution in [-0.2, 0) is 0 Å². The molecule has 0 unspecified atom stereocenters. The molecule has 1 heterocycles. The highest BCUT2D eigenvalue weighted by Crippen LogP contribution is 2.26. The smallest absolute Gasteiger partial charge is 0.0366 e. The number of piperidine rings is 1. The lowest BCUT2D eigenvalue weighted by Gasteiger charge is -2.33. The van der Waals surface area contributed by atoms with Crippen LogP contribution in [-0.4, -0.2) is 13.1 Å². The fourth-order valence-corrected chi connectivity index (χ4v) is 2.87. The minimum atomic E-state index is 0.504. The predicted molar refractivity (Wildman–Crippen MR) is 92.7 cm³/mol. The Morgan fingerprint density at radius 1 is 1.05 bits per heavy atom. The summed E-state index contributed by atoms with van der Waals surface area (Å²) in [6.07, 6.45) is 3.63. The van der Waals surface area contributed by atoms with Gasteiger partial charge in [0, 0.05) is 31.1 Å². The fraction of sp³-hybridized carbons (Fsp3) is 0.600. The number of hydrogen-bond acceptors (Lipinski definition) is 1. The summed E-state index contributed by atoms with van der Waals surface area (Å²) in [5.74, 6) is 8.56. The molecular formula is C20H29N. The van der Waals surface area contributed by atoms with Crippen LogP contribution < -0.4 is 4.90 Å². The van der Waals surface area contributed by atoms with Crippen LogP contribution in [0.3, 0.4) is 0 Å². The Bertz CT molecular complexity index is 479. The Morgan fingerprint density at radius 3 is 2.19 bits per heavy atom. The fourth-order valence-electron chi connectivity index (χ4n) is 2.87.